The molecule has 18 heavy (non-hydrogen) atoms. The number of rotatable bonds is 4. The van der Waals surface area contributed by atoms with Crippen LogP contribution in [0.5, 0.6) is 0 Å². The topological polar surface area (TPSA) is 33.2 Å². The summed E-state index contributed by atoms with van der Waals surface area (Å²) in [4.78, 5) is 16.8. The standard InChI is InChI=1S/C14H13BrN2O/c1-17(9-11-2-5-13(15)6-3-11)14-7-4-12(10-18)8-16-14/h2-8,10H,9H2,1H3. The van der Waals surface area contributed by atoms with Crippen molar-refractivity contribution >= 4 is 28.0 Å². The molecule has 0 aliphatic rings. The molecule has 1 aromatic carbocycles. The third-order valence-electron chi connectivity index (χ3n) is 2.63. The molecule has 0 bridgehead atoms. The van der Waals surface area contributed by atoms with Crippen molar-refractivity contribution in [3.05, 3.63) is 58.2 Å². The molecule has 0 radical (unpaired) electrons. The molecule has 0 unspecified atom stereocenters. The van der Waals surface area contributed by atoms with Gasteiger partial charge in [-0.2, -0.15) is 0 Å². The van der Waals surface area contributed by atoms with Crippen molar-refractivity contribution in [3.63, 3.8) is 0 Å². The van der Waals surface area contributed by atoms with E-state index in [0.717, 1.165) is 23.1 Å². The highest BCUT2D eigenvalue weighted by Crippen LogP contribution is 2.15. The SMILES string of the molecule is CN(Cc1ccc(Br)cc1)c1ccc(C=O)cn1. The van der Waals surface area contributed by atoms with Gasteiger partial charge in [-0.1, -0.05) is 28.1 Å². The number of carbonyl (C=O) groups is 1. The molecule has 0 saturated carbocycles. The van der Waals surface area contributed by atoms with Crippen LogP contribution in [-0.2, 0) is 6.54 Å². The summed E-state index contributed by atoms with van der Waals surface area (Å²) in [6.07, 6.45) is 2.38. The Morgan fingerprint density at radius 1 is 1.22 bits per heavy atom. The van der Waals surface area contributed by atoms with Gasteiger partial charge in [0.1, 0.15) is 5.82 Å². The highest BCUT2D eigenvalue weighted by molar-refractivity contribution is 9.10. The molecule has 2 aromatic rings. The van der Waals surface area contributed by atoms with Gasteiger partial charge < -0.3 is 4.90 Å². The van der Waals surface area contributed by atoms with Crippen LogP contribution in [0.3, 0.4) is 0 Å². The van der Waals surface area contributed by atoms with Gasteiger partial charge in [0.25, 0.3) is 0 Å². The summed E-state index contributed by atoms with van der Waals surface area (Å²) in [7, 11) is 1.98. The van der Waals surface area contributed by atoms with Crippen LogP contribution in [0.25, 0.3) is 0 Å². The maximum atomic E-state index is 10.6. The lowest BCUT2D eigenvalue weighted by Gasteiger charge is -2.18. The summed E-state index contributed by atoms with van der Waals surface area (Å²) >= 11 is 3.41. The number of aldehydes is 1. The average Bonchev–Trinajstić information content (AvgIpc) is 2.41. The molecular formula is C14H13BrN2O. The number of hydrogen-bond acceptors (Lipinski definition) is 3. The van der Waals surface area contributed by atoms with Crippen molar-refractivity contribution in [1.82, 2.24) is 4.98 Å². The third-order valence-corrected chi connectivity index (χ3v) is 3.16. The number of carbonyl (C=O) groups excluding carboxylic acids is 1. The van der Waals surface area contributed by atoms with Gasteiger partial charge in [-0.15, -0.1) is 0 Å². The van der Waals surface area contributed by atoms with Crippen molar-refractivity contribution < 1.29 is 4.79 Å². The predicted molar refractivity (Wildman–Crippen MR) is 75.9 cm³/mol. The van der Waals surface area contributed by atoms with Crippen LogP contribution in [0.2, 0.25) is 0 Å². The monoisotopic (exact) mass is 304 g/mol. The van der Waals surface area contributed by atoms with Gasteiger partial charge in [-0.25, -0.2) is 4.98 Å². The second kappa shape index (κ2) is 5.78. The zero-order valence-electron chi connectivity index (χ0n) is 10.0. The Kier molecular flexibility index (Phi) is 4.10. The van der Waals surface area contributed by atoms with Crippen molar-refractivity contribution in [2.24, 2.45) is 0 Å². The molecule has 0 spiro atoms. The molecule has 0 fully saturated rings. The van der Waals surface area contributed by atoms with Crippen LogP contribution in [0, 0.1) is 0 Å². The summed E-state index contributed by atoms with van der Waals surface area (Å²) < 4.78 is 1.07. The van der Waals surface area contributed by atoms with Crippen molar-refractivity contribution in [1.29, 1.82) is 0 Å². The van der Waals surface area contributed by atoms with Crippen molar-refractivity contribution in [2.45, 2.75) is 6.54 Å². The lowest BCUT2D eigenvalue weighted by atomic mass is 10.2. The van der Waals surface area contributed by atoms with Gasteiger partial charge in [-0.05, 0) is 29.8 Å². The van der Waals surface area contributed by atoms with E-state index >= 15 is 0 Å². The first-order valence-corrected chi connectivity index (χ1v) is 6.35. The number of hydrogen-bond donors (Lipinski definition) is 0. The summed E-state index contributed by atoms with van der Waals surface area (Å²) in [5.74, 6) is 0.850. The smallest absolute Gasteiger partial charge is 0.151 e. The van der Waals surface area contributed by atoms with Crippen molar-refractivity contribution in [3.8, 4) is 0 Å². The minimum absolute atomic E-state index is 0.593. The Bertz CT molecular complexity index is 522. The van der Waals surface area contributed by atoms with E-state index in [1.165, 1.54) is 5.56 Å². The van der Waals surface area contributed by atoms with E-state index in [4.69, 9.17) is 0 Å². The summed E-state index contributed by atoms with van der Waals surface area (Å²) in [5.41, 5.74) is 1.80. The maximum absolute atomic E-state index is 10.6. The number of pyridine rings is 1. The average molecular weight is 305 g/mol. The van der Waals surface area contributed by atoms with E-state index in [-0.39, 0.29) is 0 Å². The van der Waals surface area contributed by atoms with E-state index in [1.807, 2.05) is 30.1 Å². The second-order valence-corrected chi connectivity index (χ2v) is 4.97. The Balaban J connectivity index is 2.08. The lowest BCUT2D eigenvalue weighted by Crippen LogP contribution is -2.17. The maximum Gasteiger partial charge on any atom is 0.151 e. The number of nitrogens with zero attached hydrogens (tertiary/aromatic N) is 2. The fourth-order valence-electron chi connectivity index (χ4n) is 1.64. The Hall–Kier alpha value is -1.68. The fourth-order valence-corrected chi connectivity index (χ4v) is 1.90. The molecule has 1 heterocycles. The van der Waals surface area contributed by atoms with Crippen LogP contribution >= 0.6 is 15.9 Å². The number of anilines is 1. The fraction of sp³-hybridized carbons (Fsp3) is 0.143. The largest absolute Gasteiger partial charge is 0.355 e. The van der Waals surface area contributed by atoms with Crippen LogP contribution in [0.15, 0.2) is 47.1 Å². The molecule has 0 atom stereocenters. The van der Waals surface area contributed by atoms with E-state index in [9.17, 15) is 4.79 Å². The predicted octanol–water partition coefficient (Wildman–Crippen LogP) is 3.29. The van der Waals surface area contributed by atoms with E-state index in [1.54, 1.807) is 12.3 Å². The highest BCUT2D eigenvalue weighted by atomic mass is 79.9. The minimum Gasteiger partial charge on any atom is -0.355 e. The number of benzene rings is 1. The van der Waals surface area contributed by atoms with E-state index < -0.39 is 0 Å². The zero-order valence-corrected chi connectivity index (χ0v) is 11.6. The van der Waals surface area contributed by atoms with E-state index in [0.29, 0.717) is 5.56 Å². The first-order valence-electron chi connectivity index (χ1n) is 5.56. The van der Waals surface area contributed by atoms with Gasteiger partial charge in [0.05, 0.1) is 0 Å². The van der Waals surface area contributed by atoms with E-state index in [2.05, 4.69) is 33.0 Å². The van der Waals surface area contributed by atoms with Crippen LogP contribution < -0.4 is 4.90 Å². The van der Waals surface area contributed by atoms with Gasteiger partial charge in [0, 0.05) is 29.8 Å². The minimum atomic E-state index is 0.593. The molecule has 2 rings (SSSR count). The van der Waals surface area contributed by atoms with Gasteiger partial charge >= 0.3 is 0 Å². The number of aromatic nitrogens is 1. The molecule has 3 nitrogen and oxygen atoms in total. The summed E-state index contributed by atoms with van der Waals surface area (Å²) in [6, 6.07) is 11.8. The molecule has 0 N–H and O–H groups in total. The lowest BCUT2D eigenvalue weighted by molar-refractivity contribution is 0.112. The van der Waals surface area contributed by atoms with Gasteiger partial charge in [0.15, 0.2) is 6.29 Å². The molecular weight excluding hydrogens is 292 g/mol. The van der Waals surface area contributed by atoms with Crippen LogP contribution in [0.1, 0.15) is 15.9 Å². The first-order chi connectivity index (χ1) is 8.69. The second-order valence-electron chi connectivity index (χ2n) is 4.05. The summed E-state index contributed by atoms with van der Waals surface area (Å²) in [6.45, 7) is 0.778. The normalized spacial score (nSPS) is 10.1. The first kappa shape index (κ1) is 12.8. The molecule has 4 heteroatoms. The van der Waals surface area contributed by atoms with Gasteiger partial charge in [0.2, 0.25) is 0 Å². The van der Waals surface area contributed by atoms with Gasteiger partial charge in [-0.3, -0.25) is 4.79 Å². The third kappa shape index (κ3) is 3.17. The molecule has 0 aliphatic carbocycles. The Labute approximate surface area is 115 Å². The highest BCUT2D eigenvalue weighted by Gasteiger charge is 2.03. The molecule has 1 aromatic heterocycles. The van der Waals surface area contributed by atoms with Crippen LogP contribution in [0.4, 0.5) is 5.82 Å². The molecule has 0 saturated heterocycles. The summed E-state index contributed by atoms with van der Waals surface area (Å²) in [5, 5.41) is 0. The Morgan fingerprint density at radius 3 is 2.50 bits per heavy atom. The molecule has 92 valence electrons. The molecule has 0 aliphatic heterocycles. The Morgan fingerprint density at radius 2 is 1.94 bits per heavy atom. The quantitative estimate of drug-likeness (QED) is 0.813. The molecule has 0 amide bonds. The van der Waals surface area contributed by atoms with Crippen LogP contribution in [-0.4, -0.2) is 18.3 Å². The zero-order chi connectivity index (χ0) is 13.0. The van der Waals surface area contributed by atoms with Crippen molar-refractivity contribution in [2.75, 3.05) is 11.9 Å². The number of halogens is 1.